The molecule has 3 rings (SSSR count). The number of nitrogens with one attached hydrogen (secondary N) is 2. The lowest BCUT2D eigenvalue weighted by Crippen LogP contribution is -2.31. The highest BCUT2D eigenvalue weighted by molar-refractivity contribution is 6.33. The van der Waals surface area contributed by atoms with Crippen molar-refractivity contribution >= 4 is 23.3 Å². The predicted molar refractivity (Wildman–Crippen MR) is 97.7 cm³/mol. The molecule has 0 fully saturated rings. The number of carbonyl (C=O) groups excluding carboxylic acids is 1. The second kappa shape index (κ2) is 7.81. The quantitative estimate of drug-likeness (QED) is 0.615. The van der Waals surface area contributed by atoms with E-state index < -0.39 is 17.6 Å². The Labute approximate surface area is 162 Å². The third-order valence-electron chi connectivity index (χ3n) is 3.78. The van der Waals surface area contributed by atoms with Gasteiger partial charge in [-0.3, -0.25) is 15.6 Å². The Morgan fingerprint density at radius 3 is 2.68 bits per heavy atom. The van der Waals surface area contributed by atoms with Crippen LogP contribution in [-0.4, -0.2) is 22.6 Å². The standard InChI is InChI=1S/C18H14ClF3N4O2/c1-28-13-5-2-4-12(9-13)26-7-3-6-15(26)17(27)25-24-16-14(19)8-11(10-23-16)18(20,21)22/h2-10H,1H3,(H,23,24)(H,25,27). The summed E-state index contributed by atoms with van der Waals surface area (Å²) in [5, 5.41) is -0.279. The highest BCUT2D eigenvalue weighted by atomic mass is 35.5. The number of alkyl halides is 3. The predicted octanol–water partition coefficient (Wildman–Crippen LogP) is 4.31. The van der Waals surface area contributed by atoms with Crippen molar-refractivity contribution in [3.8, 4) is 11.4 Å². The number of hydrogen-bond donors (Lipinski definition) is 2. The molecule has 0 radical (unpaired) electrons. The summed E-state index contributed by atoms with van der Waals surface area (Å²) in [6.07, 6.45) is -2.25. The van der Waals surface area contributed by atoms with Crippen LogP contribution in [0.3, 0.4) is 0 Å². The molecule has 2 heterocycles. The Balaban J connectivity index is 1.76. The number of hydrogen-bond acceptors (Lipinski definition) is 4. The number of hydrazine groups is 1. The van der Waals surface area contributed by atoms with Crippen LogP contribution in [0.15, 0.2) is 54.9 Å². The van der Waals surface area contributed by atoms with Crippen molar-refractivity contribution in [3.63, 3.8) is 0 Å². The minimum atomic E-state index is -4.56. The number of carbonyl (C=O) groups is 1. The van der Waals surface area contributed by atoms with Crippen molar-refractivity contribution in [2.24, 2.45) is 0 Å². The summed E-state index contributed by atoms with van der Waals surface area (Å²) in [6.45, 7) is 0. The van der Waals surface area contributed by atoms with Crippen LogP contribution in [0.1, 0.15) is 16.1 Å². The van der Waals surface area contributed by atoms with E-state index in [1.807, 2.05) is 0 Å². The molecule has 0 spiro atoms. The molecular weight excluding hydrogens is 397 g/mol. The van der Waals surface area contributed by atoms with Crippen LogP contribution in [-0.2, 0) is 6.18 Å². The van der Waals surface area contributed by atoms with Crippen LogP contribution in [0.4, 0.5) is 19.0 Å². The molecule has 146 valence electrons. The first-order chi connectivity index (χ1) is 13.3. The van der Waals surface area contributed by atoms with Crippen LogP contribution in [0.5, 0.6) is 5.75 Å². The number of methoxy groups -OCH3 is 1. The fourth-order valence-corrected chi connectivity index (χ4v) is 2.63. The molecule has 0 aliphatic rings. The SMILES string of the molecule is COc1cccc(-n2cccc2C(=O)NNc2ncc(C(F)(F)F)cc2Cl)c1. The molecule has 3 aromatic rings. The lowest BCUT2D eigenvalue weighted by molar-refractivity contribution is -0.137. The van der Waals surface area contributed by atoms with E-state index in [1.54, 1.807) is 47.2 Å². The number of rotatable bonds is 5. The number of ether oxygens (including phenoxy) is 1. The molecule has 28 heavy (non-hydrogen) atoms. The molecule has 1 amide bonds. The van der Waals surface area contributed by atoms with Gasteiger partial charge in [0.25, 0.3) is 5.91 Å². The summed E-state index contributed by atoms with van der Waals surface area (Å²) in [7, 11) is 1.53. The van der Waals surface area contributed by atoms with Crippen molar-refractivity contribution in [2.45, 2.75) is 6.18 Å². The van der Waals surface area contributed by atoms with Gasteiger partial charge in [0, 0.05) is 24.1 Å². The number of amides is 1. The molecule has 0 aliphatic heterocycles. The first-order valence-corrected chi connectivity index (χ1v) is 8.28. The number of pyridine rings is 1. The van der Waals surface area contributed by atoms with E-state index in [2.05, 4.69) is 15.8 Å². The second-order valence-corrected chi connectivity index (χ2v) is 6.00. The summed E-state index contributed by atoms with van der Waals surface area (Å²) in [6, 6.07) is 11.1. The van der Waals surface area contributed by atoms with Crippen LogP contribution in [0.2, 0.25) is 5.02 Å². The maximum atomic E-state index is 12.7. The van der Waals surface area contributed by atoms with Gasteiger partial charge in [-0.15, -0.1) is 0 Å². The molecule has 1 aromatic carbocycles. The molecule has 0 aliphatic carbocycles. The van der Waals surface area contributed by atoms with Crippen LogP contribution < -0.4 is 15.6 Å². The summed E-state index contributed by atoms with van der Waals surface area (Å²) in [4.78, 5) is 16.1. The molecular formula is C18H14ClF3N4O2. The smallest absolute Gasteiger partial charge is 0.417 e. The van der Waals surface area contributed by atoms with Gasteiger partial charge in [-0.1, -0.05) is 17.7 Å². The van der Waals surface area contributed by atoms with Gasteiger partial charge in [-0.05, 0) is 30.3 Å². The Morgan fingerprint density at radius 1 is 1.21 bits per heavy atom. The summed E-state index contributed by atoms with van der Waals surface area (Å²) in [5.41, 5.74) is 4.79. The fourth-order valence-electron chi connectivity index (χ4n) is 2.42. The second-order valence-electron chi connectivity index (χ2n) is 5.60. The first kappa shape index (κ1) is 19.6. The number of benzene rings is 1. The number of halogens is 4. The fraction of sp³-hybridized carbons (Fsp3) is 0.111. The van der Waals surface area contributed by atoms with Crippen LogP contribution >= 0.6 is 11.6 Å². The van der Waals surface area contributed by atoms with E-state index in [1.165, 1.54) is 7.11 Å². The molecule has 10 heteroatoms. The first-order valence-electron chi connectivity index (χ1n) is 7.90. The zero-order chi connectivity index (χ0) is 20.3. The number of anilines is 1. The van der Waals surface area contributed by atoms with E-state index in [-0.39, 0.29) is 16.5 Å². The molecule has 0 unspecified atom stereocenters. The van der Waals surface area contributed by atoms with Gasteiger partial charge in [0.05, 0.1) is 17.7 Å². The average Bonchev–Trinajstić information content (AvgIpc) is 3.16. The van der Waals surface area contributed by atoms with Crippen molar-refractivity contribution in [3.05, 3.63) is 71.1 Å². The third-order valence-corrected chi connectivity index (χ3v) is 4.06. The Morgan fingerprint density at radius 2 is 2.00 bits per heavy atom. The van der Waals surface area contributed by atoms with Crippen LogP contribution in [0.25, 0.3) is 5.69 Å². The van der Waals surface area contributed by atoms with Crippen LogP contribution in [0, 0.1) is 0 Å². The minimum Gasteiger partial charge on any atom is -0.497 e. The van der Waals surface area contributed by atoms with Crippen molar-refractivity contribution in [1.29, 1.82) is 0 Å². The van der Waals surface area contributed by atoms with E-state index in [0.29, 0.717) is 17.6 Å². The van der Waals surface area contributed by atoms with Gasteiger partial charge in [-0.2, -0.15) is 13.2 Å². The molecule has 0 bridgehead atoms. The molecule has 2 N–H and O–H groups in total. The maximum Gasteiger partial charge on any atom is 0.417 e. The zero-order valence-electron chi connectivity index (χ0n) is 14.4. The topological polar surface area (TPSA) is 68.2 Å². The molecule has 0 saturated carbocycles. The molecule has 6 nitrogen and oxygen atoms in total. The van der Waals surface area contributed by atoms with E-state index in [0.717, 1.165) is 6.07 Å². The van der Waals surface area contributed by atoms with Crippen molar-refractivity contribution < 1.29 is 22.7 Å². The van der Waals surface area contributed by atoms with E-state index >= 15 is 0 Å². The summed E-state index contributed by atoms with van der Waals surface area (Å²) >= 11 is 5.81. The number of aromatic nitrogens is 2. The minimum absolute atomic E-state index is 0.109. The lowest BCUT2D eigenvalue weighted by atomic mass is 10.3. The monoisotopic (exact) mass is 410 g/mol. The molecule has 0 saturated heterocycles. The normalized spacial score (nSPS) is 11.2. The highest BCUT2D eigenvalue weighted by Crippen LogP contribution is 2.32. The van der Waals surface area contributed by atoms with Gasteiger partial charge in [-0.25, -0.2) is 4.98 Å². The maximum absolute atomic E-state index is 12.7. The van der Waals surface area contributed by atoms with Gasteiger partial charge in [0.1, 0.15) is 11.4 Å². The molecule has 0 atom stereocenters. The molecule has 2 aromatic heterocycles. The number of nitrogens with zero attached hydrogens (tertiary/aromatic N) is 2. The largest absolute Gasteiger partial charge is 0.497 e. The van der Waals surface area contributed by atoms with Crippen molar-refractivity contribution in [2.75, 3.05) is 12.5 Å². The Hall–Kier alpha value is -3.20. The van der Waals surface area contributed by atoms with Gasteiger partial charge < -0.3 is 9.30 Å². The Bertz CT molecular complexity index is 1000. The van der Waals surface area contributed by atoms with Gasteiger partial charge >= 0.3 is 6.18 Å². The highest BCUT2D eigenvalue weighted by Gasteiger charge is 2.31. The zero-order valence-corrected chi connectivity index (χ0v) is 15.2. The Kier molecular flexibility index (Phi) is 5.46. The average molecular weight is 411 g/mol. The third kappa shape index (κ3) is 4.20. The van der Waals surface area contributed by atoms with E-state index in [4.69, 9.17) is 16.3 Å². The van der Waals surface area contributed by atoms with E-state index in [9.17, 15) is 18.0 Å². The van der Waals surface area contributed by atoms with Crippen molar-refractivity contribution in [1.82, 2.24) is 15.0 Å². The van der Waals surface area contributed by atoms with Gasteiger partial charge in [0.2, 0.25) is 0 Å². The summed E-state index contributed by atoms with van der Waals surface area (Å²) in [5.74, 6) is -0.0236. The lowest BCUT2D eigenvalue weighted by Gasteiger charge is -2.13. The van der Waals surface area contributed by atoms with Gasteiger partial charge in [0.15, 0.2) is 5.82 Å². The summed E-state index contributed by atoms with van der Waals surface area (Å²) < 4.78 is 44.8.